The van der Waals surface area contributed by atoms with Crippen LogP contribution in [0.15, 0.2) is 4.99 Å². The number of nitrogens with one attached hydrogen (secondary N) is 2. The monoisotopic (exact) mass is 259 g/mol. The molecule has 0 aliphatic heterocycles. The maximum atomic E-state index is 9.46. The highest BCUT2D eigenvalue weighted by Gasteiger charge is 2.19. The van der Waals surface area contributed by atoms with Crippen molar-refractivity contribution in [2.75, 3.05) is 25.1 Å². The van der Waals surface area contributed by atoms with Gasteiger partial charge < -0.3 is 15.7 Å². The van der Waals surface area contributed by atoms with Crippen molar-refractivity contribution in [2.24, 2.45) is 4.99 Å². The summed E-state index contributed by atoms with van der Waals surface area (Å²) in [4.78, 5) is 4.53. The van der Waals surface area contributed by atoms with Gasteiger partial charge in [-0.15, -0.1) is 0 Å². The predicted molar refractivity (Wildman–Crippen MR) is 75.8 cm³/mol. The van der Waals surface area contributed by atoms with Crippen LogP contribution in [0.3, 0.4) is 0 Å². The third-order valence-corrected chi connectivity index (χ3v) is 3.54. The fraction of sp³-hybridized carbons (Fsp3) is 0.917. The van der Waals surface area contributed by atoms with E-state index in [4.69, 9.17) is 0 Å². The van der Waals surface area contributed by atoms with Gasteiger partial charge in [-0.05, 0) is 38.9 Å². The lowest BCUT2D eigenvalue weighted by molar-refractivity contribution is 0.120. The highest BCUT2D eigenvalue weighted by Crippen LogP contribution is 2.18. The van der Waals surface area contributed by atoms with Gasteiger partial charge in [0.05, 0.1) is 12.6 Å². The number of guanidine groups is 1. The average Bonchev–Trinajstić information content (AvgIpc) is 2.32. The molecule has 1 rings (SSSR count). The Balaban J connectivity index is 2.34. The number of aliphatic imine (C=N–C) groups is 1. The highest BCUT2D eigenvalue weighted by molar-refractivity contribution is 7.98. The van der Waals surface area contributed by atoms with Crippen LogP contribution in [0, 0.1) is 0 Å². The first-order valence-corrected chi connectivity index (χ1v) is 7.87. The van der Waals surface area contributed by atoms with Gasteiger partial charge >= 0.3 is 0 Å². The fourth-order valence-corrected chi connectivity index (χ4v) is 2.26. The lowest BCUT2D eigenvalue weighted by Crippen LogP contribution is -2.45. The topological polar surface area (TPSA) is 56.7 Å². The second kappa shape index (κ2) is 8.64. The molecule has 1 aliphatic rings. The minimum Gasteiger partial charge on any atom is -0.393 e. The molecule has 3 N–H and O–H groups in total. The second-order valence-corrected chi connectivity index (χ2v) is 5.39. The molecule has 1 aliphatic carbocycles. The lowest BCUT2D eigenvalue weighted by Gasteiger charge is -2.27. The van der Waals surface area contributed by atoms with Gasteiger partial charge in [0.25, 0.3) is 0 Å². The van der Waals surface area contributed by atoms with Crippen molar-refractivity contribution in [1.29, 1.82) is 0 Å². The zero-order valence-corrected chi connectivity index (χ0v) is 11.7. The Morgan fingerprint density at radius 2 is 2.06 bits per heavy atom. The maximum absolute atomic E-state index is 9.46. The zero-order valence-electron chi connectivity index (χ0n) is 10.9. The predicted octanol–water partition coefficient (Wildman–Crippen LogP) is 1.21. The van der Waals surface area contributed by atoms with E-state index in [9.17, 15) is 5.11 Å². The normalized spacial score (nSPS) is 25.7. The van der Waals surface area contributed by atoms with Crippen LogP contribution in [0.2, 0.25) is 0 Å². The highest BCUT2D eigenvalue weighted by atomic mass is 32.2. The summed E-state index contributed by atoms with van der Waals surface area (Å²) >= 11 is 1.81. The molecule has 17 heavy (non-hydrogen) atoms. The van der Waals surface area contributed by atoms with Crippen LogP contribution < -0.4 is 10.6 Å². The summed E-state index contributed by atoms with van der Waals surface area (Å²) in [5, 5.41) is 16.2. The number of aliphatic hydroxyl groups is 1. The first-order valence-electron chi connectivity index (χ1n) is 6.48. The zero-order chi connectivity index (χ0) is 12.5. The Kier molecular flexibility index (Phi) is 7.44. The molecule has 0 heterocycles. The molecule has 1 saturated carbocycles. The molecule has 1 fully saturated rings. The Morgan fingerprint density at radius 1 is 1.35 bits per heavy atom. The van der Waals surface area contributed by atoms with Gasteiger partial charge in [-0.2, -0.15) is 11.8 Å². The van der Waals surface area contributed by atoms with Gasteiger partial charge in [0.1, 0.15) is 0 Å². The van der Waals surface area contributed by atoms with Crippen molar-refractivity contribution in [2.45, 2.75) is 44.8 Å². The van der Waals surface area contributed by atoms with Gasteiger partial charge in [0.15, 0.2) is 5.96 Å². The number of aliphatic hydroxyl groups excluding tert-OH is 1. The van der Waals surface area contributed by atoms with Gasteiger partial charge in [-0.25, -0.2) is 0 Å². The summed E-state index contributed by atoms with van der Waals surface area (Å²) in [5.74, 6) is 1.97. The Hall–Kier alpha value is -0.420. The summed E-state index contributed by atoms with van der Waals surface area (Å²) in [6, 6.07) is 0.463. The maximum Gasteiger partial charge on any atom is 0.191 e. The number of thioether (sulfide) groups is 1. The first-order chi connectivity index (χ1) is 8.26. The van der Waals surface area contributed by atoms with Crippen LogP contribution in [-0.4, -0.2) is 48.3 Å². The molecule has 0 bridgehead atoms. The number of nitrogens with zero attached hydrogens (tertiary/aromatic N) is 1. The van der Waals surface area contributed by atoms with Crippen LogP contribution in [-0.2, 0) is 0 Å². The fourth-order valence-electron chi connectivity index (χ4n) is 1.98. The standard InChI is InChI=1S/C12H25N3OS/c1-3-13-12(14-8-9-17-2)15-10-4-6-11(16)7-5-10/h10-11,16H,3-9H2,1-2H3,(H2,13,14,15). The molecule has 4 nitrogen and oxygen atoms in total. The molecule has 100 valence electrons. The molecule has 0 saturated heterocycles. The van der Waals surface area contributed by atoms with Crippen molar-refractivity contribution in [3.8, 4) is 0 Å². The molecular formula is C12H25N3OS. The van der Waals surface area contributed by atoms with Crippen LogP contribution in [0.5, 0.6) is 0 Å². The van der Waals surface area contributed by atoms with Gasteiger partial charge in [0.2, 0.25) is 0 Å². The summed E-state index contributed by atoms with van der Waals surface area (Å²) in [6.07, 6.45) is 5.88. The summed E-state index contributed by atoms with van der Waals surface area (Å²) in [7, 11) is 0. The van der Waals surface area contributed by atoms with E-state index >= 15 is 0 Å². The molecule has 0 aromatic rings. The van der Waals surface area contributed by atoms with E-state index in [1.165, 1.54) is 0 Å². The molecule has 0 aromatic carbocycles. The minimum absolute atomic E-state index is 0.0935. The first kappa shape index (κ1) is 14.6. The van der Waals surface area contributed by atoms with Crippen LogP contribution in [0.4, 0.5) is 0 Å². The van der Waals surface area contributed by atoms with E-state index < -0.39 is 0 Å². The molecule has 0 aromatic heterocycles. The Morgan fingerprint density at radius 3 is 2.65 bits per heavy atom. The third-order valence-electron chi connectivity index (χ3n) is 2.95. The third kappa shape index (κ3) is 6.17. The SMILES string of the molecule is CCNC(=NCCSC)NC1CCC(O)CC1. The van der Waals surface area contributed by atoms with E-state index in [-0.39, 0.29) is 6.10 Å². The van der Waals surface area contributed by atoms with Crippen LogP contribution in [0.25, 0.3) is 0 Å². The summed E-state index contributed by atoms with van der Waals surface area (Å²) in [5.41, 5.74) is 0. The van der Waals surface area contributed by atoms with E-state index in [0.717, 1.165) is 50.5 Å². The van der Waals surface area contributed by atoms with E-state index in [1.54, 1.807) is 0 Å². The van der Waals surface area contributed by atoms with Gasteiger partial charge in [-0.3, -0.25) is 4.99 Å². The van der Waals surface area contributed by atoms with E-state index in [1.807, 2.05) is 11.8 Å². The van der Waals surface area contributed by atoms with Crippen molar-refractivity contribution < 1.29 is 5.11 Å². The number of hydrogen-bond acceptors (Lipinski definition) is 3. The Labute approximate surface area is 109 Å². The van der Waals surface area contributed by atoms with Crippen LogP contribution >= 0.6 is 11.8 Å². The Bertz CT molecular complexity index is 228. The molecule has 0 radical (unpaired) electrons. The lowest BCUT2D eigenvalue weighted by atomic mass is 9.93. The molecule has 0 unspecified atom stereocenters. The minimum atomic E-state index is -0.0935. The summed E-state index contributed by atoms with van der Waals surface area (Å²) in [6.45, 7) is 3.82. The largest absolute Gasteiger partial charge is 0.393 e. The molecule has 5 heteroatoms. The van der Waals surface area contributed by atoms with E-state index in [2.05, 4.69) is 28.8 Å². The quantitative estimate of drug-likeness (QED) is 0.395. The van der Waals surface area contributed by atoms with Crippen molar-refractivity contribution >= 4 is 17.7 Å². The van der Waals surface area contributed by atoms with Crippen LogP contribution in [0.1, 0.15) is 32.6 Å². The molecule has 0 amide bonds. The second-order valence-electron chi connectivity index (χ2n) is 4.40. The van der Waals surface area contributed by atoms with Crippen molar-refractivity contribution in [3.05, 3.63) is 0 Å². The molecule has 0 spiro atoms. The van der Waals surface area contributed by atoms with Crippen molar-refractivity contribution in [3.63, 3.8) is 0 Å². The van der Waals surface area contributed by atoms with E-state index in [0.29, 0.717) is 6.04 Å². The number of hydrogen-bond donors (Lipinski definition) is 3. The molecular weight excluding hydrogens is 234 g/mol. The smallest absolute Gasteiger partial charge is 0.191 e. The summed E-state index contributed by atoms with van der Waals surface area (Å²) < 4.78 is 0. The van der Waals surface area contributed by atoms with Crippen molar-refractivity contribution in [1.82, 2.24) is 10.6 Å². The number of rotatable bonds is 5. The molecule has 0 atom stereocenters. The average molecular weight is 259 g/mol. The van der Waals surface area contributed by atoms with Gasteiger partial charge in [-0.1, -0.05) is 0 Å². The van der Waals surface area contributed by atoms with Gasteiger partial charge in [0, 0.05) is 18.3 Å².